The first-order chi connectivity index (χ1) is 17.6. The van der Waals surface area contributed by atoms with Crippen LogP contribution in [0, 0.1) is 19.3 Å². The van der Waals surface area contributed by atoms with Crippen molar-refractivity contribution in [2.75, 3.05) is 26.1 Å². The van der Waals surface area contributed by atoms with Crippen molar-refractivity contribution in [2.45, 2.75) is 20.8 Å². The molecule has 0 radical (unpaired) electrons. The molecule has 0 aliphatic carbocycles. The van der Waals surface area contributed by atoms with Gasteiger partial charge in [-0.15, -0.1) is 0 Å². The number of carbonyl (C=O) groups is 1. The first-order valence-corrected chi connectivity index (χ1v) is 14.0. The van der Waals surface area contributed by atoms with Crippen molar-refractivity contribution in [3.8, 4) is 17.2 Å². The Bertz CT molecular complexity index is 1460. The summed E-state index contributed by atoms with van der Waals surface area (Å²) in [5.74, 6) is 0.784. The molecule has 12 heteroatoms. The third-order valence-electron chi connectivity index (χ3n) is 5.33. The van der Waals surface area contributed by atoms with E-state index >= 15 is 0 Å². The number of amides is 1. The second kappa shape index (κ2) is 10.8. The second-order valence-corrected chi connectivity index (χ2v) is 10.9. The number of aliphatic imine (C=N–C) groups is 1. The first kappa shape index (κ1) is 26.4. The molecule has 2 aliphatic heterocycles. The van der Waals surface area contributed by atoms with Crippen LogP contribution in [-0.2, 0) is 14.6 Å². The smallest absolute Gasteiger partial charge is 0.283 e. The molecule has 2 aromatic rings. The number of hydrogen-bond acceptors (Lipinski definition) is 9. The van der Waals surface area contributed by atoms with Crippen LogP contribution >= 0.6 is 11.9 Å². The lowest BCUT2D eigenvalue weighted by Crippen LogP contribution is -2.45. The highest BCUT2D eigenvalue weighted by atomic mass is 32.2. The summed E-state index contributed by atoms with van der Waals surface area (Å²) in [6, 6.07) is 11.1. The van der Waals surface area contributed by atoms with E-state index in [0.717, 1.165) is 40.0 Å². The molecule has 0 saturated heterocycles. The fourth-order valence-corrected chi connectivity index (χ4v) is 5.52. The van der Waals surface area contributed by atoms with Crippen LogP contribution in [0.1, 0.15) is 23.6 Å². The Morgan fingerprint density at radius 3 is 2.41 bits per heavy atom. The van der Waals surface area contributed by atoms with Crippen LogP contribution in [-0.4, -0.2) is 61.5 Å². The first-order valence-electron chi connectivity index (χ1n) is 11.4. The molecule has 37 heavy (non-hydrogen) atoms. The number of ether oxygens (including phenoxy) is 3. The molecule has 0 atom stereocenters. The number of fused-ring (bicyclic) bond motifs is 1. The van der Waals surface area contributed by atoms with E-state index in [-0.39, 0.29) is 28.4 Å². The van der Waals surface area contributed by atoms with Gasteiger partial charge in [0, 0.05) is 6.26 Å². The molecule has 1 N–H and O–H groups in total. The minimum absolute atomic E-state index is 0.0365. The van der Waals surface area contributed by atoms with Gasteiger partial charge in [-0.3, -0.25) is 10.2 Å². The van der Waals surface area contributed by atoms with Gasteiger partial charge in [0.2, 0.25) is 20.2 Å². The Morgan fingerprint density at radius 2 is 1.73 bits per heavy atom. The maximum absolute atomic E-state index is 12.6. The van der Waals surface area contributed by atoms with E-state index in [1.54, 1.807) is 18.2 Å². The molecule has 194 valence electrons. The predicted octanol–water partition coefficient (Wildman–Crippen LogP) is 3.78. The zero-order valence-corrected chi connectivity index (χ0v) is 22.4. The van der Waals surface area contributed by atoms with E-state index in [4.69, 9.17) is 19.6 Å². The van der Waals surface area contributed by atoms with Crippen molar-refractivity contribution < 1.29 is 27.4 Å². The second-order valence-electron chi connectivity index (χ2n) is 8.28. The van der Waals surface area contributed by atoms with Crippen LogP contribution in [0.25, 0.3) is 6.08 Å². The summed E-state index contributed by atoms with van der Waals surface area (Å²) in [6.07, 6.45) is 2.45. The Kier molecular flexibility index (Phi) is 7.69. The SMILES string of the molecule is CCOc1cc(/C=C2/C(=N)N3C(=NC2=O)SN=C3S(C)(=O)=O)ccc1OCCOc1ccc(C)cc1C. The lowest BCUT2D eigenvalue weighted by atomic mass is 10.1. The minimum atomic E-state index is -3.72. The van der Waals surface area contributed by atoms with Crippen molar-refractivity contribution in [3.63, 3.8) is 0 Å². The van der Waals surface area contributed by atoms with Gasteiger partial charge >= 0.3 is 0 Å². The third-order valence-corrected chi connectivity index (χ3v) is 7.09. The lowest BCUT2D eigenvalue weighted by molar-refractivity contribution is -0.114. The number of hydrogen-bond donors (Lipinski definition) is 1. The molecule has 2 aromatic carbocycles. The van der Waals surface area contributed by atoms with Crippen LogP contribution in [0.15, 0.2) is 51.4 Å². The summed E-state index contributed by atoms with van der Waals surface area (Å²) < 4.78 is 45.4. The summed E-state index contributed by atoms with van der Waals surface area (Å²) >= 11 is 0.746. The van der Waals surface area contributed by atoms with Gasteiger partial charge in [0.1, 0.15) is 24.8 Å². The van der Waals surface area contributed by atoms with Gasteiger partial charge < -0.3 is 14.2 Å². The number of amidine groups is 3. The number of nitrogens with one attached hydrogen (secondary N) is 1. The average Bonchev–Trinajstić information content (AvgIpc) is 3.26. The summed E-state index contributed by atoms with van der Waals surface area (Å²) in [7, 11) is -3.72. The van der Waals surface area contributed by atoms with Crippen molar-refractivity contribution in [1.29, 1.82) is 5.41 Å². The average molecular weight is 543 g/mol. The Balaban J connectivity index is 1.50. The molecule has 0 saturated carbocycles. The maximum atomic E-state index is 12.6. The van der Waals surface area contributed by atoms with E-state index in [1.807, 2.05) is 32.9 Å². The minimum Gasteiger partial charge on any atom is -0.490 e. The Morgan fingerprint density at radius 1 is 1.03 bits per heavy atom. The highest BCUT2D eigenvalue weighted by molar-refractivity contribution is 8.16. The van der Waals surface area contributed by atoms with E-state index in [1.165, 1.54) is 6.08 Å². The van der Waals surface area contributed by atoms with Gasteiger partial charge in [0.15, 0.2) is 11.5 Å². The normalized spacial score (nSPS) is 16.4. The van der Waals surface area contributed by atoms with Crippen molar-refractivity contribution in [1.82, 2.24) is 4.90 Å². The van der Waals surface area contributed by atoms with Crippen LogP contribution in [0.3, 0.4) is 0 Å². The standard InChI is InChI=1S/C25H26N4O6S2/c1-5-33-21-14-17(7-9-20(21)35-11-10-34-19-8-6-15(2)12-16(19)3)13-18-22(26)29-24(27-23(18)30)36-28-25(29)37(4,31)32/h6-9,12-14,26H,5,10-11H2,1-4H3/b18-13-,26-22?. The largest absolute Gasteiger partial charge is 0.490 e. The predicted molar refractivity (Wildman–Crippen MR) is 144 cm³/mol. The number of benzene rings is 2. The van der Waals surface area contributed by atoms with Crippen molar-refractivity contribution in [3.05, 3.63) is 58.7 Å². The molecule has 0 fully saturated rings. The number of rotatable bonds is 8. The van der Waals surface area contributed by atoms with Gasteiger partial charge in [0.25, 0.3) is 5.91 Å². The Hall–Kier alpha value is -3.64. The van der Waals surface area contributed by atoms with Crippen LogP contribution in [0.2, 0.25) is 0 Å². The van der Waals surface area contributed by atoms with Crippen LogP contribution in [0.5, 0.6) is 17.2 Å². The molecule has 2 heterocycles. The number of aryl methyl sites for hydroxylation is 2. The number of carbonyl (C=O) groups excluding carboxylic acids is 1. The summed E-state index contributed by atoms with van der Waals surface area (Å²) in [5.41, 5.74) is 2.70. The van der Waals surface area contributed by atoms with Crippen LogP contribution < -0.4 is 14.2 Å². The van der Waals surface area contributed by atoms with E-state index in [0.29, 0.717) is 30.3 Å². The summed E-state index contributed by atoms with van der Waals surface area (Å²) in [5, 5.41) is 8.18. The van der Waals surface area contributed by atoms with Gasteiger partial charge in [-0.2, -0.15) is 9.39 Å². The third kappa shape index (κ3) is 5.86. The van der Waals surface area contributed by atoms with Crippen molar-refractivity contribution in [2.24, 2.45) is 9.39 Å². The molecule has 0 bridgehead atoms. The zero-order valence-electron chi connectivity index (χ0n) is 20.8. The van der Waals surface area contributed by atoms with E-state index in [2.05, 4.69) is 15.5 Å². The topological polar surface area (TPSA) is 131 Å². The van der Waals surface area contributed by atoms with E-state index in [9.17, 15) is 13.2 Å². The number of sulfone groups is 1. The fourth-order valence-electron chi connectivity index (χ4n) is 3.67. The number of nitrogens with zero attached hydrogens (tertiary/aromatic N) is 3. The van der Waals surface area contributed by atoms with Gasteiger partial charge in [-0.25, -0.2) is 13.3 Å². The Labute approximate surface area is 219 Å². The maximum Gasteiger partial charge on any atom is 0.283 e. The molecule has 10 nitrogen and oxygen atoms in total. The molecule has 2 aliphatic rings. The molecule has 0 aromatic heterocycles. The van der Waals surface area contributed by atoms with Gasteiger partial charge in [-0.05, 0) is 56.2 Å². The monoisotopic (exact) mass is 542 g/mol. The van der Waals surface area contributed by atoms with Gasteiger partial charge in [-0.1, -0.05) is 23.8 Å². The molecule has 4 rings (SSSR count). The molecule has 1 amide bonds. The lowest BCUT2D eigenvalue weighted by Gasteiger charge is -2.23. The van der Waals surface area contributed by atoms with Crippen molar-refractivity contribution >= 4 is 49.9 Å². The molecule has 0 unspecified atom stereocenters. The highest BCUT2D eigenvalue weighted by Gasteiger charge is 2.41. The van der Waals surface area contributed by atoms with Crippen LogP contribution in [0.4, 0.5) is 0 Å². The highest BCUT2D eigenvalue weighted by Crippen LogP contribution is 2.32. The molecular weight excluding hydrogens is 516 g/mol. The fraction of sp³-hybridized carbons (Fsp3) is 0.280. The molecular formula is C25H26N4O6S2. The molecule has 0 spiro atoms. The summed E-state index contributed by atoms with van der Waals surface area (Å²) in [6.45, 7) is 6.87. The zero-order chi connectivity index (χ0) is 26.7. The van der Waals surface area contributed by atoms with E-state index < -0.39 is 15.7 Å². The quantitative estimate of drug-likeness (QED) is 0.303. The summed E-state index contributed by atoms with van der Waals surface area (Å²) in [4.78, 5) is 17.6. The van der Waals surface area contributed by atoms with Gasteiger partial charge in [0.05, 0.1) is 24.1 Å².